The van der Waals surface area contributed by atoms with Crippen molar-refractivity contribution in [2.75, 3.05) is 26.3 Å². The molecule has 8 rings (SSSR count). The fourth-order valence-electron chi connectivity index (χ4n) is 8.83. The number of ether oxygens (including phenoxy) is 4. The van der Waals surface area contributed by atoms with E-state index in [1.165, 1.54) is 16.0 Å². The highest BCUT2D eigenvalue weighted by atomic mass is 19.4. The molecule has 2 amide bonds. The van der Waals surface area contributed by atoms with Gasteiger partial charge in [0.2, 0.25) is 11.8 Å². The number of halogens is 3. The Morgan fingerprint density at radius 3 is 2.53 bits per heavy atom. The highest BCUT2D eigenvalue weighted by Gasteiger charge is 2.78. The molecule has 13 nitrogen and oxygen atoms in total. The highest BCUT2D eigenvalue weighted by Crippen LogP contribution is 2.64. The Bertz CT molecular complexity index is 1600. The quantitative estimate of drug-likeness (QED) is 0.255. The Labute approximate surface area is 291 Å². The van der Waals surface area contributed by atoms with Crippen LogP contribution in [-0.4, -0.2) is 114 Å². The van der Waals surface area contributed by atoms with Gasteiger partial charge in [-0.15, -0.1) is 0 Å². The molecule has 7 unspecified atom stereocenters. The van der Waals surface area contributed by atoms with Crippen molar-refractivity contribution in [2.24, 2.45) is 17.3 Å². The van der Waals surface area contributed by atoms with Gasteiger partial charge in [0.25, 0.3) is 0 Å². The maximum absolute atomic E-state index is 15.0. The normalized spacial score (nSPS) is 34.0. The van der Waals surface area contributed by atoms with Crippen LogP contribution >= 0.6 is 0 Å². The first kappa shape index (κ1) is 34.5. The van der Waals surface area contributed by atoms with E-state index in [4.69, 9.17) is 19.0 Å². The first-order valence-electron chi connectivity index (χ1n) is 17.6. The van der Waals surface area contributed by atoms with Crippen LogP contribution in [0.2, 0.25) is 0 Å². The van der Waals surface area contributed by atoms with Gasteiger partial charge < -0.3 is 34.3 Å². The average molecular weight is 720 g/mol. The molecule has 2 bridgehead atoms. The summed E-state index contributed by atoms with van der Waals surface area (Å²) in [7, 11) is 0. The lowest BCUT2D eigenvalue weighted by atomic mass is 9.62. The molecule has 276 valence electrons. The van der Waals surface area contributed by atoms with E-state index in [2.05, 4.69) is 10.1 Å². The van der Waals surface area contributed by atoms with Crippen molar-refractivity contribution in [3.05, 3.63) is 41.5 Å². The van der Waals surface area contributed by atoms with Gasteiger partial charge in [-0.05, 0) is 55.7 Å². The molecule has 0 spiro atoms. The van der Waals surface area contributed by atoms with Gasteiger partial charge in [0.1, 0.15) is 35.9 Å². The van der Waals surface area contributed by atoms with Crippen LogP contribution in [0.1, 0.15) is 56.1 Å². The number of aliphatic hydroxyl groups excluding tert-OH is 1. The zero-order valence-corrected chi connectivity index (χ0v) is 27.7. The zero-order valence-electron chi connectivity index (χ0n) is 27.7. The van der Waals surface area contributed by atoms with Crippen LogP contribution in [0, 0.1) is 17.3 Å². The van der Waals surface area contributed by atoms with Crippen molar-refractivity contribution >= 4 is 29.8 Å². The van der Waals surface area contributed by atoms with Crippen LogP contribution in [0.4, 0.5) is 13.2 Å². The molecule has 51 heavy (non-hydrogen) atoms. The van der Waals surface area contributed by atoms with E-state index >= 15 is 4.79 Å². The molecule has 16 heteroatoms. The van der Waals surface area contributed by atoms with Crippen LogP contribution < -0.4 is 5.32 Å². The third kappa shape index (κ3) is 6.11. The van der Waals surface area contributed by atoms with Crippen LogP contribution in [-0.2, 0) is 49.5 Å². The molecule has 7 aliphatic rings. The lowest BCUT2D eigenvalue weighted by molar-refractivity contribution is -0.235. The fourth-order valence-corrected chi connectivity index (χ4v) is 8.83. The van der Waals surface area contributed by atoms with E-state index < -0.39 is 78.3 Å². The molecule has 0 radical (unpaired) electrons. The molecule has 4 saturated heterocycles. The summed E-state index contributed by atoms with van der Waals surface area (Å²) < 4.78 is 61.4. The first-order chi connectivity index (χ1) is 24.4. The summed E-state index contributed by atoms with van der Waals surface area (Å²) >= 11 is 0. The van der Waals surface area contributed by atoms with Gasteiger partial charge in [-0.25, -0.2) is 4.79 Å². The smallest absolute Gasteiger partial charge is 0.422 e. The maximum Gasteiger partial charge on any atom is 0.422 e. The number of carbonyl (C=O) groups is 4. The summed E-state index contributed by atoms with van der Waals surface area (Å²) in [5.41, 5.74) is -0.372. The average Bonchev–Trinajstić information content (AvgIpc) is 4.02. The van der Waals surface area contributed by atoms with Crippen molar-refractivity contribution in [2.45, 2.75) is 100.0 Å². The summed E-state index contributed by atoms with van der Waals surface area (Å²) in [6.45, 7) is -1.60. The Kier molecular flexibility index (Phi) is 8.68. The number of rotatable bonds is 11. The standard InChI is InChI=1S/C35H40F3N3O10/c36-34(37,38)18-47-25(43)11-6-19-3-1-4-20(15-19)17-41-28-31(45)48-24-16-33(28,32(46)40-13-2-5-23(40)30(44)39-12-14-42)29(51-41)27-26(24)49-35(50-27,21-7-8-21)22-9-10-22/h1,3-4,6,11,15,21-24,26-29,42H,2,5,7-10,12-14,16-18H2,(H,39,44). The van der Waals surface area contributed by atoms with Gasteiger partial charge in [0.15, 0.2) is 18.4 Å². The summed E-state index contributed by atoms with van der Waals surface area (Å²) in [5.74, 6) is -3.02. The zero-order chi connectivity index (χ0) is 35.7. The van der Waals surface area contributed by atoms with Crippen molar-refractivity contribution < 1.29 is 61.2 Å². The number of nitrogens with zero attached hydrogens (tertiary/aromatic N) is 2. The Morgan fingerprint density at radius 1 is 1.08 bits per heavy atom. The summed E-state index contributed by atoms with van der Waals surface area (Å²) in [5, 5.41) is 13.4. The molecular formula is C35H40F3N3O10. The van der Waals surface area contributed by atoms with Crippen LogP contribution in [0.3, 0.4) is 0 Å². The Balaban J connectivity index is 1.11. The van der Waals surface area contributed by atoms with Crippen LogP contribution in [0.25, 0.3) is 6.08 Å². The number of likely N-dealkylation sites (tertiary alicyclic amines) is 1. The number of hydrogen-bond donors (Lipinski definition) is 2. The molecule has 0 aromatic heterocycles. The van der Waals surface area contributed by atoms with Gasteiger partial charge >= 0.3 is 18.1 Å². The lowest BCUT2D eigenvalue weighted by Gasteiger charge is -2.50. The molecule has 3 saturated carbocycles. The predicted octanol–water partition coefficient (Wildman–Crippen LogP) is 2.01. The molecule has 4 heterocycles. The molecule has 1 aromatic rings. The number of alkyl halides is 3. The predicted molar refractivity (Wildman–Crippen MR) is 166 cm³/mol. The molecule has 7 atom stereocenters. The van der Waals surface area contributed by atoms with E-state index in [0.29, 0.717) is 30.5 Å². The largest absolute Gasteiger partial charge is 0.458 e. The van der Waals surface area contributed by atoms with Crippen molar-refractivity contribution in [1.82, 2.24) is 15.3 Å². The second-order valence-corrected chi connectivity index (χ2v) is 14.6. The number of benzene rings is 1. The molecule has 3 aliphatic carbocycles. The summed E-state index contributed by atoms with van der Waals surface area (Å²) in [6, 6.07) is 4.77. The van der Waals surface area contributed by atoms with E-state index in [9.17, 15) is 32.7 Å². The van der Waals surface area contributed by atoms with Gasteiger partial charge in [-0.1, -0.05) is 24.3 Å². The number of hydrogen-bond acceptors (Lipinski definition) is 11. The van der Waals surface area contributed by atoms with E-state index in [1.54, 1.807) is 24.3 Å². The van der Waals surface area contributed by atoms with Crippen LogP contribution in [0.15, 0.2) is 30.3 Å². The monoisotopic (exact) mass is 719 g/mol. The highest BCUT2D eigenvalue weighted by molar-refractivity contribution is 5.96. The number of hydroxylamine groups is 2. The summed E-state index contributed by atoms with van der Waals surface area (Å²) in [6.07, 6.45) is -0.581. The third-order valence-corrected chi connectivity index (χ3v) is 11.2. The minimum absolute atomic E-state index is 0.00517. The number of carbonyl (C=O) groups excluding carboxylic acids is 4. The minimum Gasteiger partial charge on any atom is -0.458 e. The SMILES string of the molecule is O=C(C=Cc1cccc(CN2OC3C4OC(C5CC5)(C5CC5)OC4C4CC3(C(=O)N3CCCC3C(=O)NCCO)C2C(=O)O4)c1)OCC(F)(F)F. The van der Waals surface area contributed by atoms with E-state index in [-0.39, 0.29) is 43.9 Å². The molecular weight excluding hydrogens is 679 g/mol. The lowest BCUT2D eigenvalue weighted by Crippen LogP contribution is -2.70. The van der Waals surface area contributed by atoms with Gasteiger partial charge in [0.05, 0.1) is 13.2 Å². The Morgan fingerprint density at radius 2 is 1.82 bits per heavy atom. The van der Waals surface area contributed by atoms with Crippen molar-refractivity contribution in [3.8, 4) is 0 Å². The number of amides is 2. The van der Waals surface area contributed by atoms with E-state index in [0.717, 1.165) is 31.8 Å². The number of fused-ring (bicyclic) bond motifs is 4. The second kappa shape index (κ2) is 12.8. The van der Waals surface area contributed by atoms with Gasteiger partial charge in [0, 0.05) is 37.4 Å². The minimum atomic E-state index is -4.65. The van der Waals surface area contributed by atoms with E-state index in [1.807, 2.05) is 0 Å². The number of esters is 2. The Hall–Kier alpha value is -3.57. The summed E-state index contributed by atoms with van der Waals surface area (Å²) in [4.78, 5) is 62.4. The topological polar surface area (TPSA) is 153 Å². The molecule has 2 N–H and O–H groups in total. The van der Waals surface area contributed by atoms with Crippen molar-refractivity contribution in [3.63, 3.8) is 0 Å². The number of nitrogens with one attached hydrogen (secondary N) is 1. The maximum atomic E-state index is 15.0. The molecule has 1 aromatic carbocycles. The molecule has 4 aliphatic heterocycles. The van der Waals surface area contributed by atoms with Gasteiger partial charge in [-0.2, -0.15) is 18.2 Å². The first-order valence-corrected chi connectivity index (χ1v) is 17.6. The third-order valence-electron chi connectivity index (χ3n) is 11.2. The molecule has 7 fully saturated rings. The van der Waals surface area contributed by atoms with Gasteiger partial charge in [-0.3, -0.25) is 19.2 Å². The number of aliphatic hydroxyl groups is 1. The van der Waals surface area contributed by atoms with Crippen molar-refractivity contribution in [1.29, 1.82) is 0 Å². The van der Waals surface area contributed by atoms with Crippen LogP contribution in [0.5, 0.6) is 0 Å². The fraction of sp³-hybridized carbons (Fsp3) is 0.657. The second-order valence-electron chi connectivity index (χ2n) is 14.6.